The van der Waals surface area contributed by atoms with Crippen LogP contribution in [0.25, 0.3) is 0 Å². The van der Waals surface area contributed by atoms with E-state index in [2.05, 4.69) is 31.1 Å². The third-order valence-electron chi connectivity index (χ3n) is 3.11. The molecule has 1 heterocycles. The largest absolute Gasteiger partial charge is 0.377 e. The number of nitrogens with one attached hydrogen (secondary N) is 1. The Labute approximate surface area is 101 Å². The topological polar surface area (TPSA) is 24.5 Å². The van der Waals surface area contributed by atoms with Crippen LogP contribution in [0.4, 0.5) is 0 Å². The molecule has 1 N–H and O–H groups in total. The summed E-state index contributed by atoms with van der Waals surface area (Å²) >= 11 is 0. The highest BCUT2D eigenvalue weighted by Gasteiger charge is 2.16. The Bertz CT molecular complexity index is 167. The zero-order valence-corrected chi connectivity index (χ0v) is 11.2. The van der Waals surface area contributed by atoms with E-state index >= 15 is 0 Å². The molecule has 16 heavy (non-hydrogen) atoms. The Balaban J connectivity index is 1.91. The van der Waals surface area contributed by atoms with Crippen molar-refractivity contribution in [2.45, 2.75) is 39.2 Å². The molecule has 0 aromatic rings. The van der Waals surface area contributed by atoms with E-state index in [1.54, 1.807) is 0 Å². The van der Waals surface area contributed by atoms with Crippen molar-refractivity contribution < 1.29 is 4.74 Å². The lowest BCUT2D eigenvalue weighted by atomic mass is 10.1. The molecule has 1 rings (SSSR count). The van der Waals surface area contributed by atoms with Crippen LogP contribution in [0.2, 0.25) is 0 Å². The molecule has 1 unspecified atom stereocenters. The van der Waals surface area contributed by atoms with Gasteiger partial charge in [0.1, 0.15) is 0 Å². The molecule has 1 aliphatic heterocycles. The van der Waals surface area contributed by atoms with Crippen LogP contribution in [0.15, 0.2) is 0 Å². The van der Waals surface area contributed by atoms with Crippen LogP contribution in [0.3, 0.4) is 0 Å². The van der Waals surface area contributed by atoms with Crippen molar-refractivity contribution in [1.82, 2.24) is 10.2 Å². The quantitative estimate of drug-likeness (QED) is 0.640. The van der Waals surface area contributed by atoms with Crippen LogP contribution in [0, 0.1) is 5.92 Å². The minimum Gasteiger partial charge on any atom is -0.377 e. The van der Waals surface area contributed by atoms with Crippen LogP contribution >= 0.6 is 0 Å². The zero-order valence-electron chi connectivity index (χ0n) is 11.2. The van der Waals surface area contributed by atoms with E-state index in [-0.39, 0.29) is 0 Å². The fraction of sp³-hybridized carbons (Fsp3) is 1.00. The van der Waals surface area contributed by atoms with E-state index in [1.165, 1.54) is 19.3 Å². The third kappa shape index (κ3) is 6.46. The minimum atomic E-state index is 0.487. The maximum atomic E-state index is 5.62. The average Bonchev–Trinajstić information content (AvgIpc) is 2.69. The predicted octanol–water partition coefficient (Wildman–Crippen LogP) is 1.73. The Morgan fingerprint density at radius 1 is 1.38 bits per heavy atom. The molecular weight excluding hydrogens is 200 g/mol. The molecule has 0 spiro atoms. The van der Waals surface area contributed by atoms with Crippen molar-refractivity contribution in [2.75, 3.05) is 39.8 Å². The second-order valence-electron chi connectivity index (χ2n) is 5.33. The summed E-state index contributed by atoms with van der Waals surface area (Å²) in [6, 6.07) is 0. The molecule has 3 heteroatoms. The Morgan fingerprint density at radius 2 is 2.19 bits per heavy atom. The molecule has 1 fully saturated rings. The fourth-order valence-electron chi connectivity index (χ4n) is 2.01. The van der Waals surface area contributed by atoms with Gasteiger partial charge in [0.05, 0.1) is 6.10 Å². The number of rotatable bonds is 8. The van der Waals surface area contributed by atoms with Gasteiger partial charge in [0.15, 0.2) is 0 Å². The highest BCUT2D eigenvalue weighted by molar-refractivity contribution is 4.69. The van der Waals surface area contributed by atoms with Gasteiger partial charge in [-0.2, -0.15) is 0 Å². The molecule has 0 bridgehead atoms. The number of nitrogens with zero attached hydrogens (tertiary/aromatic N) is 1. The third-order valence-corrected chi connectivity index (χ3v) is 3.11. The van der Waals surface area contributed by atoms with E-state index < -0.39 is 0 Å². The first-order valence-electron chi connectivity index (χ1n) is 6.69. The SMILES string of the molecule is CC(C)CCNCCN(C)CC1CCCO1. The van der Waals surface area contributed by atoms with E-state index in [0.29, 0.717) is 6.10 Å². The number of likely N-dealkylation sites (N-methyl/N-ethyl adjacent to an activating group) is 1. The molecule has 1 aliphatic rings. The van der Waals surface area contributed by atoms with Gasteiger partial charge in [0, 0.05) is 26.2 Å². The minimum absolute atomic E-state index is 0.487. The molecule has 96 valence electrons. The summed E-state index contributed by atoms with van der Waals surface area (Å²) in [5.74, 6) is 0.803. The summed E-state index contributed by atoms with van der Waals surface area (Å²) in [5, 5.41) is 3.49. The van der Waals surface area contributed by atoms with Gasteiger partial charge in [-0.25, -0.2) is 0 Å². The molecule has 0 aromatic heterocycles. The van der Waals surface area contributed by atoms with Gasteiger partial charge in [0.2, 0.25) is 0 Å². The standard InChI is InChI=1S/C13H28N2O/c1-12(2)6-7-14-8-9-15(3)11-13-5-4-10-16-13/h12-14H,4-11H2,1-3H3. The van der Waals surface area contributed by atoms with E-state index in [9.17, 15) is 0 Å². The van der Waals surface area contributed by atoms with Crippen LogP contribution in [-0.4, -0.2) is 50.8 Å². The van der Waals surface area contributed by atoms with Crippen LogP contribution in [-0.2, 0) is 4.74 Å². The predicted molar refractivity (Wildman–Crippen MR) is 68.8 cm³/mol. The van der Waals surface area contributed by atoms with E-state index in [0.717, 1.165) is 38.7 Å². The summed E-state index contributed by atoms with van der Waals surface area (Å²) in [6.45, 7) is 9.95. The first-order chi connectivity index (χ1) is 7.68. The van der Waals surface area contributed by atoms with Crippen LogP contribution < -0.4 is 5.32 Å². The normalized spacial score (nSPS) is 21.2. The van der Waals surface area contributed by atoms with Crippen molar-refractivity contribution in [3.05, 3.63) is 0 Å². The molecule has 1 atom stereocenters. The molecule has 0 saturated carbocycles. The van der Waals surface area contributed by atoms with Crippen molar-refractivity contribution >= 4 is 0 Å². The van der Waals surface area contributed by atoms with Gasteiger partial charge in [0.25, 0.3) is 0 Å². The highest BCUT2D eigenvalue weighted by Crippen LogP contribution is 2.12. The van der Waals surface area contributed by atoms with Gasteiger partial charge >= 0.3 is 0 Å². The average molecular weight is 228 g/mol. The van der Waals surface area contributed by atoms with Gasteiger partial charge in [-0.1, -0.05) is 13.8 Å². The summed E-state index contributed by atoms with van der Waals surface area (Å²) in [4.78, 5) is 2.37. The lowest BCUT2D eigenvalue weighted by Gasteiger charge is -2.20. The molecule has 0 aromatic carbocycles. The lowest BCUT2D eigenvalue weighted by Crippen LogP contribution is -2.34. The second kappa shape index (κ2) is 8.04. The highest BCUT2D eigenvalue weighted by atomic mass is 16.5. The van der Waals surface area contributed by atoms with Crippen LogP contribution in [0.5, 0.6) is 0 Å². The fourth-order valence-corrected chi connectivity index (χ4v) is 2.01. The Morgan fingerprint density at radius 3 is 2.81 bits per heavy atom. The zero-order chi connectivity index (χ0) is 11.8. The number of hydrogen-bond donors (Lipinski definition) is 1. The molecule has 0 aliphatic carbocycles. The van der Waals surface area contributed by atoms with Crippen LogP contribution in [0.1, 0.15) is 33.1 Å². The maximum absolute atomic E-state index is 5.62. The maximum Gasteiger partial charge on any atom is 0.0702 e. The van der Waals surface area contributed by atoms with Gasteiger partial charge in [-0.15, -0.1) is 0 Å². The van der Waals surface area contributed by atoms with Gasteiger partial charge < -0.3 is 15.0 Å². The van der Waals surface area contributed by atoms with Crippen molar-refractivity contribution in [2.24, 2.45) is 5.92 Å². The monoisotopic (exact) mass is 228 g/mol. The molecule has 1 saturated heterocycles. The number of ether oxygens (including phenoxy) is 1. The van der Waals surface area contributed by atoms with Crippen molar-refractivity contribution in [1.29, 1.82) is 0 Å². The Kier molecular flexibility index (Phi) is 7.01. The summed E-state index contributed by atoms with van der Waals surface area (Å²) in [7, 11) is 2.19. The first-order valence-corrected chi connectivity index (χ1v) is 6.69. The summed E-state index contributed by atoms with van der Waals surface area (Å²) < 4.78 is 5.62. The first kappa shape index (κ1) is 13.9. The van der Waals surface area contributed by atoms with Crippen molar-refractivity contribution in [3.8, 4) is 0 Å². The molecule has 0 radical (unpaired) electrons. The smallest absolute Gasteiger partial charge is 0.0702 e. The van der Waals surface area contributed by atoms with Crippen molar-refractivity contribution in [3.63, 3.8) is 0 Å². The number of hydrogen-bond acceptors (Lipinski definition) is 3. The molecule has 3 nitrogen and oxygen atoms in total. The Hall–Kier alpha value is -0.120. The lowest BCUT2D eigenvalue weighted by molar-refractivity contribution is 0.0815. The van der Waals surface area contributed by atoms with Gasteiger partial charge in [-0.05, 0) is 38.8 Å². The molecule has 0 amide bonds. The van der Waals surface area contributed by atoms with E-state index in [1.807, 2.05) is 0 Å². The summed E-state index contributed by atoms with van der Waals surface area (Å²) in [5.41, 5.74) is 0. The molecular formula is C13H28N2O. The summed E-state index contributed by atoms with van der Waals surface area (Å²) in [6.07, 6.45) is 4.24. The van der Waals surface area contributed by atoms with Gasteiger partial charge in [-0.3, -0.25) is 0 Å². The van der Waals surface area contributed by atoms with E-state index in [4.69, 9.17) is 4.74 Å². The second-order valence-corrected chi connectivity index (χ2v) is 5.33.